The van der Waals surface area contributed by atoms with Crippen molar-refractivity contribution in [3.8, 4) is 5.75 Å². The number of nitrogens with one attached hydrogen (secondary N) is 3. The van der Waals surface area contributed by atoms with Gasteiger partial charge in [0.2, 0.25) is 11.8 Å². The minimum absolute atomic E-state index is 0.0502. The summed E-state index contributed by atoms with van der Waals surface area (Å²) in [5.41, 5.74) is 0.944. The average molecular weight is 467 g/mol. The number of nitrogens with zero attached hydrogens (tertiary/aromatic N) is 1. The fourth-order valence-corrected chi connectivity index (χ4v) is 3.60. The van der Waals surface area contributed by atoms with Crippen LogP contribution in [0.3, 0.4) is 0 Å². The van der Waals surface area contributed by atoms with Crippen molar-refractivity contribution >= 4 is 18.1 Å². The van der Waals surface area contributed by atoms with Crippen LogP contribution in [0.4, 0.5) is 4.39 Å². The van der Waals surface area contributed by atoms with Crippen molar-refractivity contribution in [3.63, 3.8) is 0 Å². The van der Waals surface area contributed by atoms with Crippen LogP contribution < -0.4 is 20.7 Å². The Bertz CT molecular complexity index is 747. The topological polar surface area (TPSA) is 99.8 Å². The Balaban J connectivity index is 2.70. The Morgan fingerprint density at radius 2 is 2.03 bits per heavy atom. The van der Waals surface area contributed by atoms with E-state index in [2.05, 4.69) is 22.9 Å². The molecule has 186 valence electrons. The first-order valence-corrected chi connectivity index (χ1v) is 11.6. The molecule has 0 aliphatic rings. The minimum Gasteiger partial charge on any atom is -0.492 e. The van der Waals surface area contributed by atoms with Gasteiger partial charge in [0.05, 0.1) is 19.1 Å². The third-order valence-corrected chi connectivity index (χ3v) is 5.34. The first-order chi connectivity index (χ1) is 15.8. The minimum atomic E-state index is -0.486. The van der Waals surface area contributed by atoms with E-state index in [0.717, 1.165) is 37.8 Å². The molecule has 0 fully saturated rings. The van der Waals surface area contributed by atoms with Gasteiger partial charge in [0.25, 0.3) is 0 Å². The number of amides is 2. The third-order valence-electron chi connectivity index (χ3n) is 5.34. The van der Waals surface area contributed by atoms with Crippen LogP contribution in [0.2, 0.25) is 0 Å². The number of benzene rings is 1. The molecule has 0 bridgehead atoms. The summed E-state index contributed by atoms with van der Waals surface area (Å²) in [6, 6.07) is 4.08. The van der Waals surface area contributed by atoms with Crippen molar-refractivity contribution in [3.05, 3.63) is 29.6 Å². The van der Waals surface area contributed by atoms with Gasteiger partial charge in [0, 0.05) is 19.7 Å². The first-order valence-electron chi connectivity index (χ1n) is 11.6. The second-order valence-electron chi connectivity index (χ2n) is 8.17. The van der Waals surface area contributed by atoms with Gasteiger partial charge in [-0.05, 0) is 50.4 Å². The number of rotatable bonds is 17. The van der Waals surface area contributed by atoms with Gasteiger partial charge in [-0.2, -0.15) is 0 Å². The standard InChI is InChI=1S/C24H39FN4O4/c1-5-7-18(2)23(24(32)29(4)17-22(31)27-12-14-30)28-13-15-33-21-16-20(25)10-9-19(21)8-6-11-26-3/h9-10,14,16,18,23,26,28H,5-8,11-13,15,17H2,1-4H3,(H,27,31). The molecule has 2 unspecified atom stereocenters. The Hall–Kier alpha value is -2.52. The lowest BCUT2D eigenvalue weighted by Gasteiger charge is -2.28. The zero-order valence-corrected chi connectivity index (χ0v) is 20.3. The van der Waals surface area contributed by atoms with Crippen molar-refractivity contribution in [2.24, 2.45) is 5.92 Å². The predicted octanol–water partition coefficient (Wildman–Crippen LogP) is 1.52. The van der Waals surface area contributed by atoms with Gasteiger partial charge in [-0.25, -0.2) is 4.39 Å². The molecule has 0 spiro atoms. The summed E-state index contributed by atoms with van der Waals surface area (Å²) in [5, 5.41) is 8.78. The molecule has 0 aliphatic carbocycles. The summed E-state index contributed by atoms with van der Waals surface area (Å²) in [7, 11) is 3.46. The van der Waals surface area contributed by atoms with Crippen LogP contribution in [0.25, 0.3) is 0 Å². The number of hydrogen-bond donors (Lipinski definition) is 3. The van der Waals surface area contributed by atoms with Gasteiger partial charge in [0.15, 0.2) is 0 Å². The molecular weight excluding hydrogens is 427 g/mol. The predicted molar refractivity (Wildman–Crippen MR) is 127 cm³/mol. The van der Waals surface area contributed by atoms with Crippen molar-refractivity contribution in [1.29, 1.82) is 0 Å². The maximum absolute atomic E-state index is 13.7. The summed E-state index contributed by atoms with van der Waals surface area (Å²) in [5.74, 6) is -0.374. The lowest BCUT2D eigenvalue weighted by Crippen LogP contribution is -2.51. The fraction of sp³-hybridized carbons (Fsp3) is 0.625. The molecule has 0 radical (unpaired) electrons. The monoisotopic (exact) mass is 466 g/mol. The van der Waals surface area contributed by atoms with Crippen molar-refractivity contribution < 1.29 is 23.5 Å². The van der Waals surface area contributed by atoms with E-state index in [-0.39, 0.29) is 43.2 Å². The molecule has 0 saturated carbocycles. The smallest absolute Gasteiger partial charge is 0.240 e. The molecule has 1 aromatic rings. The highest BCUT2D eigenvalue weighted by Gasteiger charge is 2.27. The number of aldehydes is 1. The number of aryl methyl sites for hydroxylation is 1. The number of carbonyl (C=O) groups excluding carboxylic acids is 3. The van der Waals surface area contributed by atoms with E-state index in [9.17, 15) is 18.8 Å². The Kier molecular flexibility index (Phi) is 14.0. The van der Waals surface area contributed by atoms with Gasteiger partial charge in [-0.1, -0.05) is 26.3 Å². The van der Waals surface area contributed by atoms with Crippen LogP contribution in [0.5, 0.6) is 5.75 Å². The zero-order valence-electron chi connectivity index (χ0n) is 20.3. The summed E-state index contributed by atoms with van der Waals surface area (Å²) < 4.78 is 19.6. The van der Waals surface area contributed by atoms with E-state index < -0.39 is 6.04 Å². The highest BCUT2D eigenvalue weighted by Crippen LogP contribution is 2.21. The molecule has 8 nitrogen and oxygen atoms in total. The van der Waals surface area contributed by atoms with Crippen LogP contribution in [0.15, 0.2) is 18.2 Å². The Morgan fingerprint density at radius 3 is 2.70 bits per heavy atom. The molecule has 1 rings (SSSR count). The summed E-state index contributed by atoms with van der Waals surface area (Å²) in [6.07, 6.45) is 4.04. The summed E-state index contributed by atoms with van der Waals surface area (Å²) in [6.45, 7) is 5.36. The normalized spacial score (nSPS) is 12.6. The molecule has 0 aromatic heterocycles. The highest BCUT2D eigenvalue weighted by molar-refractivity contribution is 5.88. The average Bonchev–Trinajstić information content (AvgIpc) is 2.78. The molecule has 1 aromatic carbocycles. The number of likely N-dealkylation sites (N-methyl/N-ethyl adjacent to an activating group) is 1. The fourth-order valence-electron chi connectivity index (χ4n) is 3.60. The summed E-state index contributed by atoms with van der Waals surface area (Å²) in [4.78, 5) is 36.6. The van der Waals surface area contributed by atoms with E-state index in [0.29, 0.717) is 18.6 Å². The van der Waals surface area contributed by atoms with Crippen LogP contribution in [0.1, 0.15) is 38.7 Å². The van der Waals surface area contributed by atoms with E-state index in [1.165, 1.54) is 17.0 Å². The number of carbonyl (C=O) groups is 3. The van der Waals surface area contributed by atoms with Gasteiger partial charge in [-0.3, -0.25) is 9.59 Å². The van der Waals surface area contributed by atoms with E-state index >= 15 is 0 Å². The van der Waals surface area contributed by atoms with Crippen LogP contribution >= 0.6 is 0 Å². The molecule has 0 saturated heterocycles. The zero-order chi connectivity index (χ0) is 24.6. The summed E-state index contributed by atoms with van der Waals surface area (Å²) >= 11 is 0. The molecular formula is C24H39FN4O4. The van der Waals surface area contributed by atoms with Gasteiger partial charge >= 0.3 is 0 Å². The molecule has 0 heterocycles. The number of hydrogen-bond acceptors (Lipinski definition) is 6. The van der Waals surface area contributed by atoms with Crippen LogP contribution in [0, 0.1) is 11.7 Å². The van der Waals surface area contributed by atoms with Crippen LogP contribution in [-0.2, 0) is 20.8 Å². The quantitative estimate of drug-likeness (QED) is 0.238. The molecule has 33 heavy (non-hydrogen) atoms. The second-order valence-corrected chi connectivity index (χ2v) is 8.17. The SMILES string of the molecule is CCCC(C)C(NCCOc1cc(F)ccc1CCCNC)C(=O)N(C)CC(=O)NCC=O. The third kappa shape index (κ3) is 10.8. The van der Waals surface area contributed by atoms with Gasteiger partial charge in [-0.15, -0.1) is 0 Å². The van der Waals surface area contributed by atoms with Crippen molar-refractivity contribution in [2.45, 2.75) is 45.6 Å². The lowest BCUT2D eigenvalue weighted by atomic mass is 9.95. The second kappa shape index (κ2) is 16.1. The van der Waals surface area contributed by atoms with Crippen LogP contribution in [-0.4, -0.2) is 75.9 Å². The molecule has 9 heteroatoms. The van der Waals surface area contributed by atoms with Crippen molar-refractivity contribution in [1.82, 2.24) is 20.9 Å². The molecule has 3 N–H and O–H groups in total. The Morgan fingerprint density at radius 1 is 1.27 bits per heavy atom. The first kappa shape index (κ1) is 28.5. The van der Waals surface area contributed by atoms with E-state index in [1.54, 1.807) is 13.1 Å². The van der Waals surface area contributed by atoms with E-state index in [4.69, 9.17) is 4.74 Å². The number of ether oxygens (including phenoxy) is 1. The largest absolute Gasteiger partial charge is 0.492 e. The lowest BCUT2D eigenvalue weighted by molar-refractivity contribution is -0.137. The van der Waals surface area contributed by atoms with Crippen molar-refractivity contribution in [2.75, 3.05) is 46.9 Å². The van der Waals surface area contributed by atoms with Gasteiger partial charge in [0.1, 0.15) is 24.5 Å². The number of halogens is 1. The molecule has 0 aliphatic heterocycles. The maximum Gasteiger partial charge on any atom is 0.240 e. The Labute approximate surface area is 196 Å². The molecule has 2 amide bonds. The molecule has 2 atom stereocenters. The maximum atomic E-state index is 13.7. The highest BCUT2D eigenvalue weighted by atomic mass is 19.1. The van der Waals surface area contributed by atoms with E-state index in [1.807, 2.05) is 14.0 Å². The van der Waals surface area contributed by atoms with Gasteiger partial charge < -0.3 is 30.4 Å².